The van der Waals surface area contributed by atoms with Crippen molar-refractivity contribution >= 4 is 44.6 Å². The van der Waals surface area contributed by atoms with E-state index in [1.54, 1.807) is 6.07 Å². The molecule has 0 saturated heterocycles. The zero-order chi connectivity index (χ0) is 22.6. The fraction of sp³-hybridized carbons (Fsp3) is 0.350. The SMILES string of the molecule is CC(C)(C)c1nc(-c2cc(Cl)cc(NS(=O)(=O)C3CC3)c2F)c(-c2ccnc(N)n2)s1. The standard InChI is InChI=1S/C20H21ClFN5O2S2/c1-20(2,3)18-26-16(17(30-18)13-6-7-24-19(23)25-13)12-8-10(21)9-14(15(12)22)27-31(28,29)11-4-5-11/h6-9,11,27H,4-5H2,1-3H3,(H2,23,24,25). The average molecular weight is 482 g/mol. The van der Waals surface area contributed by atoms with Crippen LogP contribution in [0.4, 0.5) is 16.0 Å². The fourth-order valence-electron chi connectivity index (χ4n) is 2.95. The molecule has 0 bridgehead atoms. The summed E-state index contributed by atoms with van der Waals surface area (Å²) in [4.78, 5) is 13.5. The molecule has 4 rings (SSSR count). The molecule has 164 valence electrons. The van der Waals surface area contributed by atoms with Crippen molar-refractivity contribution in [3.63, 3.8) is 0 Å². The lowest BCUT2D eigenvalue weighted by molar-refractivity contribution is 0.585. The molecule has 0 radical (unpaired) electrons. The van der Waals surface area contributed by atoms with Crippen LogP contribution < -0.4 is 10.5 Å². The van der Waals surface area contributed by atoms with Crippen molar-refractivity contribution in [2.45, 2.75) is 44.3 Å². The van der Waals surface area contributed by atoms with Crippen LogP contribution in [0.3, 0.4) is 0 Å². The zero-order valence-electron chi connectivity index (χ0n) is 17.1. The summed E-state index contributed by atoms with van der Waals surface area (Å²) < 4.78 is 42.6. The Morgan fingerprint density at radius 3 is 2.58 bits per heavy atom. The van der Waals surface area contributed by atoms with Gasteiger partial charge in [0.1, 0.15) is 0 Å². The topological polar surface area (TPSA) is 111 Å². The summed E-state index contributed by atoms with van der Waals surface area (Å²) in [6.07, 6.45) is 2.64. The van der Waals surface area contributed by atoms with E-state index in [4.69, 9.17) is 17.3 Å². The molecule has 1 aliphatic rings. The highest BCUT2D eigenvalue weighted by Gasteiger charge is 2.36. The summed E-state index contributed by atoms with van der Waals surface area (Å²) in [5, 5.41) is 0.443. The highest BCUT2D eigenvalue weighted by atomic mass is 35.5. The van der Waals surface area contributed by atoms with Gasteiger partial charge in [0.05, 0.1) is 32.2 Å². The Morgan fingerprint density at radius 1 is 1.26 bits per heavy atom. The molecule has 7 nitrogen and oxygen atoms in total. The first-order chi connectivity index (χ1) is 14.5. The van der Waals surface area contributed by atoms with E-state index in [2.05, 4.69) is 19.7 Å². The van der Waals surface area contributed by atoms with Gasteiger partial charge in [0, 0.05) is 22.2 Å². The lowest BCUT2D eigenvalue weighted by Gasteiger charge is -2.14. The van der Waals surface area contributed by atoms with Gasteiger partial charge in [-0.1, -0.05) is 32.4 Å². The highest BCUT2D eigenvalue weighted by molar-refractivity contribution is 7.93. The monoisotopic (exact) mass is 481 g/mol. The van der Waals surface area contributed by atoms with Crippen molar-refractivity contribution in [3.05, 3.63) is 40.2 Å². The number of anilines is 2. The predicted molar refractivity (Wildman–Crippen MR) is 122 cm³/mol. The number of hydrogen-bond acceptors (Lipinski definition) is 7. The largest absolute Gasteiger partial charge is 0.368 e. The van der Waals surface area contributed by atoms with Crippen molar-refractivity contribution < 1.29 is 12.8 Å². The molecule has 31 heavy (non-hydrogen) atoms. The van der Waals surface area contributed by atoms with Crippen molar-refractivity contribution in [2.75, 3.05) is 10.5 Å². The van der Waals surface area contributed by atoms with Gasteiger partial charge in [0.25, 0.3) is 0 Å². The molecule has 0 aliphatic heterocycles. The average Bonchev–Trinajstić information content (AvgIpc) is 3.43. The lowest BCUT2D eigenvalue weighted by atomic mass is 9.98. The second-order valence-corrected chi connectivity index (χ2v) is 11.8. The molecule has 0 unspecified atom stereocenters. The van der Waals surface area contributed by atoms with E-state index in [0.717, 1.165) is 5.01 Å². The van der Waals surface area contributed by atoms with Gasteiger partial charge in [-0.3, -0.25) is 4.72 Å². The molecular formula is C20H21ClFN5O2S2. The van der Waals surface area contributed by atoms with E-state index in [9.17, 15) is 8.42 Å². The summed E-state index contributed by atoms with van der Waals surface area (Å²) in [5.74, 6) is -0.665. The maximum atomic E-state index is 15.6. The molecule has 0 atom stereocenters. The van der Waals surface area contributed by atoms with Crippen LogP contribution in [0.5, 0.6) is 0 Å². The van der Waals surface area contributed by atoms with Crippen LogP contribution in [0.1, 0.15) is 38.6 Å². The predicted octanol–water partition coefficient (Wildman–Crippen LogP) is 4.84. The summed E-state index contributed by atoms with van der Waals surface area (Å²) in [6, 6.07) is 4.36. The molecule has 11 heteroatoms. The number of aromatic nitrogens is 3. The number of nitrogen functional groups attached to an aromatic ring is 1. The number of hydrogen-bond donors (Lipinski definition) is 2. The van der Waals surface area contributed by atoms with Gasteiger partial charge in [-0.15, -0.1) is 11.3 Å². The Morgan fingerprint density at radius 2 is 1.97 bits per heavy atom. The zero-order valence-corrected chi connectivity index (χ0v) is 19.5. The Bertz CT molecular complexity index is 1270. The third-order valence-electron chi connectivity index (χ3n) is 4.68. The summed E-state index contributed by atoms with van der Waals surface area (Å²) in [6.45, 7) is 5.99. The van der Waals surface area contributed by atoms with Crippen molar-refractivity contribution in [1.29, 1.82) is 0 Å². The second-order valence-electron chi connectivity index (χ2n) is 8.41. The number of sulfonamides is 1. The second kappa shape index (κ2) is 7.68. The summed E-state index contributed by atoms with van der Waals surface area (Å²) in [7, 11) is -3.67. The molecule has 1 aliphatic carbocycles. The van der Waals surface area contributed by atoms with Crippen molar-refractivity contribution in [3.8, 4) is 21.8 Å². The molecule has 0 spiro atoms. The first-order valence-electron chi connectivity index (χ1n) is 9.57. The minimum Gasteiger partial charge on any atom is -0.368 e. The van der Waals surface area contributed by atoms with Gasteiger partial charge in [0.2, 0.25) is 16.0 Å². The van der Waals surface area contributed by atoms with E-state index in [1.165, 1.54) is 29.7 Å². The number of nitrogens with zero attached hydrogens (tertiary/aromatic N) is 3. The van der Waals surface area contributed by atoms with Crippen molar-refractivity contribution in [2.24, 2.45) is 0 Å². The van der Waals surface area contributed by atoms with Crippen molar-refractivity contribution in [1.82, 2.24) is 15.0 Å². The van der Waals surface area contributed by atoms with Crippen LogP contribution in [0, 0.1) is 5.82 Å². The van der Waals surface area contributed by atoms with E-state index >= 15 is 4.39 Å². The van der Waals surface area contributed by atoms with Gasteiger partial charge in [-0.2, -0.15) is 0 Å². The number of thiazole rings is 1. The Labute approximate surface area is 189 Å². The molecule has 3 N–H and O–H groups in total. The number of benzene rings is 1. The van der Waals surface area contributed by atoms with E-state index < -0.39 is 21.1 Å². The molecule has 1 saturated carbocycles. The van der Waals surface area contributed by atoms with Gasteiger partial charge >= 0.3 is 0 Å². The summed E-state index contributed by atoms with van der Waals surface area (Å²) in [5.41, 5.74) is 6.14. The van der Waals surface area contributed by atoms with Crippen LogP contribution in [0.25, 0.3) is 21.8 Å². The van der Waals surface area contributed by atoms with Gasteiger partial charge < -0.3 is 5.73 Å². The molecule has 0 amide bonds. The molecule has 1 fully saturated rings. The van der Waals surface area contributed by atoms with Crippen LogP contribution in [0.2, 0.25) is 5.02 Å². The quantitative estimate of drug-likeness (QED) is 0.539. The number of halogens is 2. The third kappa shape index (κ3) is 4.51. The van der Waals surface area contributed by atoms with E-state index in [0.29, 0.717) is 29.1 Å². The first kappa shape index (κ1) is 21.9. The van der Waals surface area contributed by atoms with Crippen LogP contribution >= 0.6 is 22.9 Å². The van der Waals surface area contributed by atoms with Crippen LogP contribution in [0.15, 0.2) is 24.4 Å². The maximum Gasteiger partial charge on any atom is 0.235 e. The van der Waals surface area contributed by atoms with Gasteiger partial charge in [-0.25, -0.2) is 27.8 Å². The number of nitrogens with two attached hydrogens (primary N) is 1. The number of nitrogens with one attached hydrogen (secondary N) is 1. The normalized spacial score (nSPS) is 14.6. The molecule has 2 aromatic heterocycles. The molecule has 3 aromatic rings. The minimum atomic E-state index is -3.67. The van der Waals surface area contributed by atoms with Gasteiger partial charge in [0.15, 0.2) is 5.82 Å². The highest BCUT2D eigenvalue weighted by Crippen LogP contribution is 2.43. The minimum absolute atomic E-state index is 0.0820. The third-order valence-corrected chi connectivity index (χ3v) is 8.26. The van der Waals surface area contributed by atoms with E-state index in [1.807, 2.05) is 20.8 Å². The van der Waals surface area contributed by atoms with Gasteiger partial charge in [-0.05, 0) is 31.0 Å². The Balaban J connectivity index is 1.90. The maximum absolute atomic E-state index is 15.6. The fourth-order valence-corrected chi connectivity index (χ4v) is 5.65. The Kier molecular flexibility index (Phi) is 5.43. The summed E-state index contributed by atoms with van der Waals surface area (Å²) >= 11 is 7.61. The Hall–Kier alpha value is -2.30. The first-order valence-corrected chi connectivity index (χ1v) is 12.3. The smallest absolute Gasteiger partial charge is 0.235 e. The lowest BCUT2D eigenvalue weighted by Crippen LogP contribution is -2.18. The van der Waals surface area contributed by atoms with Crippen LogP contribution in [-0.4, -0.2) is 28.6 Å². The van der Waals surface area contributed by atoms with E-state index in [-0.39, 0.29) is 27.6 Å². The molecule has 2 heterocycles. The molecule has 1 aromatic carbocycles. The number of rotatable bonds is 5. The molecular weight excluding hydrogens is 461 g/mol. The van der Waals surface area contributed by atoms with Crippen LogP contribution in [-0.2, 0) is 15.4 Å².